The molecule has 0 aliphatic carbocycles. The molecule has 1 aliphatic rings. The first kappa shape index (κ1) is 11.0. The Balaban J connectivity index is 2.52. The third-order valence-corrected chi connectivity index (χ3v) is 2.56. The summed E-state index contributed by atoms with van der Waals surface area (Å²) in [6.45, 7) is 9.26. The predicted octanol–water partition coefficient (Wildman–Crippen LogP) is 1.13. The fourth-order valence-electron chi connectivity index (χ4n) is 1.61. The normalized spacial score (nSPS) is 32.1. The SMILES string of the molecule is CO[C@H]1CO[C@@H](C)CN(C(C)C)C1. The quantitative estimate of drug-likeness (QED) is 0.647. The van der Waals surface area contributed by atoms with Crippen LogP contribution >= 0.6 is 0 Å². The maximum absolute atomic E-state index is 5.62. The van der Waals surface area contributed by atoms with Crippen LogP contribution in [0.25, 0.3) is 0 Å². The minimum atomic E-state index is 0.229. The van der Waals surface area contributed by atoms with Crippen molar-refractivity contribution < 1.29 is 9.47 Å². The smallest absolute Gasteiger partial charge is 0.0931 e. The van der Waals surface area contributed by atoms with Crippen LogP contribution in [0.15, 0.2) is 0 Å². The predicted molar refractivity (Wildman–Crippen MR) is 52.9 cm³/mol. The van der Waals surface area contributed by atoms with E-state index in [-0.39, 0.29) is 6.10 Å². The Labute approximate surface area is 81.0 Å². The van der Waals surface area contributed by atoms with Gasteiger partial charge in [-0.2, -0.15) is 0 Å². The molecule has 0 radical (unpaired) electrons. The lowest BCUT2D eigenvalue weighted by Gasteiger charge is -2.27. The van der Waals surface area contributed by atoms with Crippen LogP contribution in [0.2, 0.25) is 0 Å². The Morgan fingerprint density at radius 1 is 1.38 bits per heavy atom. The molecular weight excluding hydrogens is 166 g/mol. The molecule has 1 aliphatic heterocycles. The fraction of sp³-hybridized carbons (Fsp3) is 1.00. The third-order valence-electron chi connectivity index (χ3n) is 2.56. The summed E-state index contributed by atoms with van der Waals surface area (Å²) in [5.41, 5.74) is 0. The van der Waals surface area contributed by atoms with E-state index in [2.05, 4.69) is 25.7 Å². The minimum Gasteiger partial charge on any atom is -0.378 e. The van der Waals surface area contributed by atoms with Crippen molar-refractivity contribution in [1.29, 1.82) is 0 Å². The lowest BCUT2D eigenvalue weighted by Crippen LogP contribution is -2.39. The summed E-state index contributed by atoms with van der Waals surface area (Å²) in [5.74, 6) is 0. The molecule has 0 aromatic heterocycles. The average molecular weight is 187 g/mol. The highest BCUT2D eigenvalue weighted by Gasteiger charge is 2.23. The summed E-state index contributed by atoms with van der Waals surface area (Å²) in [6.07, 6.45) is 0.551. The van der Waals surface area contributed by atoms with Crippen LogP contribution in [0.3, 0.4) is 0 Å². The summed E-state index contributed by atoms with van der Waals surface area (Å²) in [4.78, 5) is 2.41. The van der Waals surface area contributed by atoms with Gasteiger partial charge in [0, 0.05) is 26.2 Å². The standard InChI is InChI=1S/C10H21NO2/c1-8(2)11-5-9(3)13-7-10(6-11)12-4/h8-10H,5-7H2,1-4H3/t9-,10+/m0/s1. The number of nitrogens with zero attached hydrogens (tertiary/aromatic N) is 1. The van der Waals surface area contributed by atoms with Gasteiger partial charge in [0.25, 0.3) is 0 Å². The number of methoxy groups -OCH3 is 1. The first-order chi connectivity index (χ1) is 6.13. The molecule has 0 unspecified atom stereocenters. The second-order valence-corrected chi connectivity index (χ2v) is 4.05. The zero-order valence-electron chi connectivity index (χ0n) is 9.12. The summed E-state index contributed by atoms with van der Waals surface area (Å²) in [6, 6.07) is 0.571. The van der Waals surface area contributed by atoms with E-state index >= 15 is 0 Å². The molecule has 0 aromatic carbocycles. The molecule has 3 heteroatoms. The molecule has 2 atom stereocenters. The van der Waals surface area contributed by atoms with Gasteiger partial charge in [-0.15, -0.1) is 0 Å². The van der Waals surface area contributed by atoms with Gasteiger partial charge in [-0.3, -0.25) is 4.90 Å². The van der Waals surface area contributed by atoms with Gasteiger partial charge in [-0.05, 0) is 20.8 Å². The molecule has 1 heterocycles. The van der Waals surface area contributed by atoms with Crippen molar-refractivity contribution in [3.8, 4) is 0 Å². The lowest BCUT2D eigenvalue weighted by molar-refractivity contribution is 0.0000890. The van der Waals surface area contributed by atoms with Crippen LogP contribution in [0, 0.1) is 0 Å². The van der Waals surface area contributed by atoms with E-state index < -0.39 is 0 Å². The number of hydrogen-bond acceptors (Lipinski definition) is 3. The zero-order valence-corrected chi connectivity index (χ0v) is 9.12. The molecule has 3 nitrogen and oxygen atoms in total. The molecule has 13 heavy (non-hydrogen) atoms. The molecule has 78 valence electrons. The highest BCUT2D eigenvalue weighted by molar-refractivity contribution is 4.75. The highest BCUT2D eigenvalue weighted by Crippen LogP contribution is 2.10. The Hall–Kier alpha value is -0.120. The summed E-state index contributed by atoms with van der Waals surface area (Å²) >= 11 is 0. The third kappa shape index (κ3) is 3.25. The molecule has 0 bridgehead atoms. The fourth-order valence-corrected chi connectivity index (χ4v) is 1.61. The maximum Gasteiger partial charge on any atom is 0.0931 e. The Morgan fingerprint density at radius 2 is 2.08 bits per heavy atom. The molecule has 0 spiro atoms. The first-order valence-corrected chi connectivity index (χ1v) is 5.02. The van der Waals surface area contributed by atoms with Crippen LogP contribution < -0.4 is 0 Å². The molecule has 0 aromatic rings. The molecule has 0 amide bonds. The van der Waals surface area contributed by atoms with Crippen molar-refractivity contribution >= 4 is 0 Å². The van der Waals surface area contributed by atoms with E-state index in [1.54, 1.807) is 7.11 Å². The van der Waals surface area contributed by atoms with Gasteiger partial charge in [-0.25, -0.2) is 0 Å². The van der Waals surface area contributed by atoms with Gasteiger partial charge < -0.3 is 9.47 Å². The topological polar surface area (TPSA) is 21.7 Å². The van der Waals surface area contributed by atoms with Crippen molar-refractivity contribution in [2.75, 3.05) is 26.8 Å². The molecule has 1 saturated heterocycles. The zero-order chi connectivity index (χ0) is 9.84. The van der Waals surface area contributed by atoms with Gasteiger partial charge in [0.15, 0.2) is 0 Å². The molecular formula is C10H21NO2. The van der Waals surface area contributed by atoms with Gasteiger partial charge >= 0.3 is 0 Å². The number of ether oxygens (including phenoxy) is 2. The van der Waals surface area contributed by atoms with Crippen molar-refractivity contribution in [3.63, 3.8) is 0 Å². The Kier molecular flexibility index (Phi) is 4.16. The van der Waals surface area contributed by atoms with Crippen molar-refractivity contribution in [2.24, 2.45) is 0 Å². The van der Waals surface area contributed by atoms with E-state index in [0.29, 0.717) is 12.1 Å². The Morgan fingerprint density at radius 3 is 2.62 bits per heavy atom. The second kappa shape index (κ2) is 4.94. The van der Waals surface area contributed by atoms with Crippen LogP contribution in [-0.4, -0.2) is 50.0 Å². The largest absolute Gasteiger partial charge is 0.378 e. The number of rotatable bonds is 2. The summed E-state index contributed by atoms with van der Waals surface area (Å²) < 4.78 is 11.0. The molecule has 1 fully saturated rings. The summed E-state index contributed by atoms with van der Waals surface area (Å²) in [5, 5.41) is 0. The van der Waals surface area contributed by atoms with Gasteiger partial charge in [0.1, 0.15) is 0 Å². The highest BCUT2D eigenvalue weighted by atomic mass is 16.5. The van der Waals surface area contributed by atoms with Crippen molar-refractivity contribution in [2.45, 2.75) is 39.0 Å². The van der Waals surface area contributed by atoms with E-state index in [9.17, 15) is 0 Å². The molecule has 0 N–H and O–H groups in total. The average Bonchev–Trinajstić information content (AvgIpc) is 2.27. The van der Waals surface area contributed by atoms with Gasteiger partial charge in [-0.1, -0.05) is 0 Å². The maximum atomic E-state index is 5.62. The Bertz CT molecular complexity index is 150. The van der Waals surface area contributed by atoms with E-state index in [4.69, 9.17) is 9.47 Å². The number of hydrogen-bond donors (Lipinski definition) is 0. The summed E-state index contributed by atoms with van der Waals surface area (Å²) in [7, 11) is 1.75. The minimum absolute atomic E-state index is 0.229. The van der Waals surface area contributed by atoms with Crippen LogP contribution in [0.5, 0.6) is 0 Å². The monoisotopic (exact) mass is 187 g/mol. The van der Waals surface area contributed by atoms with Crippen LogP contribution in [0.1, 0.15) is 20.8 Å². The van der Waals surface area contributed by atoms with Gasteiger partial charge in [0.2, 0.25) is 0 Å². The molecule has 0 saturated carbocycles. The van der Waals surface area contributed by atoms with Crippen molar-refractivity contribution in [1.82, 2.24) is 4.90 Å². The van der Waals surface area contributed by atoms with Crippen LogP contribution in [0.4, 0.5) is 0 Å². The second-order valence-electron chi connectivity index (χ2n) is 4.05. The van der Waals surface area contributed by atoms with E-state index in [0.717, 1.165) is 19.7 Å². The van der Waals surface area contributed by atoms with E-state index in [1.165, 1.54) is 0 Å². The van der Waals surface area contributed by atoms with Gasteiger partial charge in [0.05, 0.1) is 18.8 Å². The van der Waals surface area contributed by atoms with Crippen molar-refractivity contribution in [3.05, 3.63) is 0 Å². The van der Waals surface area contributed by atoms with E-state index in [1.807, 2.05) is 0 Å². The first-order valence-electron chi connectivity index (χ1n) is 5.02. The van der Waals surface area contributed by atoms with Crippen LogP contribution in [-0.2, 0) is 9.47 Å². The molecule has 1 rings (SSSR count). The lowest BCUT2D eigenvalue weighted by atomic mass is 10.2.